The van der Waals surface area contributed by atoms with Crippen LogP contribution in [0.3, 0.4) is 0 Å². The Morgan fingerprint density at radius 1 is 1.38 bits per heavy atom. The van der Waals surface area contributed by atoms with Crippen molar-refractivity contribution in [2.24, 2.45) is 5.41 Å². The van der Waals surface area contributed by atoms with Gasteiger partial charge in [0.1, 0.15) is 12.1 Å². The Morgan fingerprint density at radius 3 is 2.59 bits per heavy atom. The van der Waals surface area contributed by atoms with Crippen LogP contribution in [0.1, 0.15) is 64.0 Å². The van der Waals surface area contributed by atoms with E-state index in [1.165, 1.54) is 7.05 Å². The number of amides is 3. The number of piperidine rings is 1. The standard InChI is InChI=1S/C20H33N5O6Si/c1-19(2,3)32(5,6)31-13(10-23(4)18(27)28)16-22-21-15(30-16)12-9-20(7-8-20)14-11-24(12)17(26)25(14)29/h12-14,29H,7-11H2,1-6H3,(H,27,28)/t12-,13-,14-/m0/s1. The van der Waals surface area contributed by atoms with E-state index in [-0.39, 0.29) is 28.9 Å². The van der Waals surface area contributed by atoms with E-state index in [1.807, 2.05) is 0 Å². The van der Waals surface area contributed by atoms with Crippen molar-refractivity contribution in [1.82, 2.24) is 25.1 Å². The van der Waals surface area contributed by atoms with Gasteiger partial charge in [-0.3, -0.25) is 5.21 Å². The van der Waals surface area contributed by atoms with Gasteiger partial charge in [-0.25, -0.2) is 14.7 Å². The molecule has 1 aromatic rings. The van der Waals surface area contributed by atoms with Gasteiger partial charge in [0.05, 0.1) is 12.6 Å². The summed E-state index contributed by atoms with van der Waals surface area (Å²) in [6, 6.07) is -1.04. The first-order chi connectivity index (χ1) is 14.8. The van der Waals surface area contributed by atoms with Crippen LogP contribution in [0.4, 0.5) is 9.59 Å². The average molecular weight is 468 g/mol. The molecule has 3 amide bonds. The molecule has 2 N–H and O–H groups in total. The van der Waals surface area contributed by atoms with Gasteiger partial charge in [-0.1, -0.05) is 20.8 Å². The fraction of sp³-hybridized carbons (Fsp3) is 0.800. The van der Waals surface area contributed by atoms with Gasteiger partial charge >= 0.3 is 12.1 Å². The van der Waals surface area contributed by atoms with Crippen LogP contribution in [0.5, 0.6) is 0 Å². The maximum absolute atomic E-state index is 12.6. The Labute approximate surface area is 188 Å². The molecule has 3 atom stereocenters. The molecule has 0 radical (unpaired) electrons. The predicted molar refractivity (Wildman–Crippen MR) is 115 cm³/mol. The number of carboxylic acid groups (broad SMARTS) is 1. The Hall–Kier alpha value is -2.18. The van der Waals surface area contributed by atoms with Crippen molar-refractivity contribution in [2.75, 3.05) is 20.1 Å². The van der Waals surface area contributed by atoms with E-state index >= 15 is 0 Å². The van der Waals surface area contributed by atoms with Crippen LogP contribution in [-0.4, -0.2) is 82.0 Å². The predicted octanol–water partition coefficient (Wildman–Crippen LogP) is 3.46. The zero-order valence-corrected chi connectivity index (χ0v) is 20.5. The minimum Gasteiger partial charge on any atom is -0.465 e. The van der Waals surface area contributed by atoms with Crippen LogP contribution < -0.4 is 0 Å². The number of hydroxylamine groups is 2. The molecule has 2 bridgehead atoms. The van der Waals surface area contributed by atoms with Crippen LogP contribution in [0.15, 0.2) is 4.42 Å². The van der Waals surface area contributed by atoms with Crippen molar-refractivity contribution in [3.8, 4) is 0 Å². The summed E-state index contributed by atoms with van der Waals surface area (Å²) >= 11 is 0. The fourth-order valence-electron chi connectivity index (χ4n) is 4.41. The number of rotatable bonds is 6. The number of hydrogen-bond acceptors (Lipinski definition) is 7. The third-order valence-corrected chi connectivity index (χ3v) is 12.2. The van der Waals surface area contributed by atoms with E-state index in [2.05, 4.69) is 44.1 Å². The quantitative estimate of drug-likeness (QED) is 0.480. The van der Waals surface area contributed by atoms with Crippen molar-refractivity contribution in [2.45, 2.75) is 76.4 Å². The summed E-state index contributed by atoms with van der Waals surface area (Å²) in [4.78, 5) is 26.7. The number of aromatic nitrogens is 2. The van der Waals surface area contributed by atoms with E-state index < -0.39 is 32.6 Å². The van der Waals surface area contributed by atoms with Crippen molar-refractivity contribution in [3.05, 3.63) is 11.8 Å². The molecule has 4 rings (SSSR count). The van der Waals surface area contributed by atoms with E-state index in [1.54, 1.807) is 4.90 Å². The molecule has 1 saturated carbocycles. The van der Waals surface area contributed by atoms with Gasteiger partial charge in [-0.05, 0) is 42.8 Å². The first kappa shape index (κ1) is 23.0. The highest BCUT2D eigenvalue weighted by atomic mass is 28.4. The zero-order chi connectivity index (χ0) is 23.6. The minimum atomic E-state index is -2.28. The second-order valence-corrected chi connectivity index (χ2v) is 15.6. The molecule has 2 aliphatic heterocycles. The molecule has 3 heterocycles. The summed E-state index contributed by atoms with van der Waals surface area (Å²) in [6.45, 7) is 10.9. The minimum absolute atomic E-state index is 0.0488. The van der Waals surface area contributed by atoms with Crippen molar-refractivity contribution in [1.29, 1.82) is 0 Å². The molecule has 178 valence electrons. The number of fused-ring (bicyclic) bond motifs is 3. The molecular formula is C20H33N5O6Si. The monoisotopic (exact) mass is 467 g/mol. The molecule has 1 aliphatic carbocycles. The van der Waals surface area contributed by atoms with Crippen LogP contribution in [0, 0.1) is 5.41 Å². The maximum atomic E-state index is 12.6. The molecule has 3 fully saturated rings. The zero-order valence-electron chi connectivity index (χ0n) is 19.5. The largest absolute Gasteiger partial charge is 0.465 e. The van der Waals surface area contributed by atoms with E-state index in [0.29, 0.717) is 18.9 Å². The Morgan fingerprint density at radius 2 is 2.03 bits per heavy atom. The third kappa shape index (κ3) is 3.77. The van der Waals surface area contributed by atoms with Gasteiger partial charge in [0.25, 0.3) is 0 Å². The molecule has 1 spiro atoms. The fourth-order valence-corrected chi connectivity index (χ4v) is 5.65. The second-order valence-electron chi connectivity index (χ2n) is 10.9. The number of carbonyl (C=O) groups excluding carboxylic acids is 1. The summed E-state index contributed by atoms with van der Waals surface area (Å²) in [6.07, 6.45) is 0.772. The van der Waals surface area contributed by atoms with Gasteiger partial charge in [0.2, 0.25) is 11.8 Å². The highest BCUT2D eigenvalue weighted by Crippen LogP contribution is 2.61. The normalized spacial score (nSPS) is 25.4. The van der Waals surface area contributed by atoms with Crippen LogP contribution in [0.2, 0.25) is 18.1 Å². The number of urea groups is 1. The summed E-state index contributed by atoms with van der Waals surface area (Å²) < 4.78 is 12.5. The molecule has 0 aromatic carbocycles. The molecule has 11 nitrogen and oxygen atoms in total. The molecule has 3 aliphatic rings. The molecular weight excluding hydrogens is 434 g/mol. The molecule has 32 heavy (non-hydrogen) atoms. The summed E-state index contributed by atoms with van der Waals surface area (Å²) in [5.74, 6) is 0.507. The number of likely N-dealkylation sites (N-methyl/N-ethyl adjacent to an activating group) is 1. The van der Waals surface area contributed by atoms with Crippen LogP contribution >= 0.6 is 0 Å². The Balaban J connectivity index is 1.61. The summed E-state index contributed by atoms with van der Waals surface area (Å²) in [5, 5.41) is 28.8. The van der Waals surface area contributed by atoms with Crippen molar-refractivity contribution < 1.29 is 28.7 Å². The van der Waals surface area contributed by atoms with E-state index in [4.69, 9.17) is 8.84 Å². The van der Waals surface area contributed by atoms with Gasteiger partial charge in [0, 0.05) is 13.6 Å². The maximum Gasteiger partial charge on any atom is 0.407 e. The lowest BCUT2D eigenvalue weighted by Gasteiger charge is -2.39. The van der Waals surface area contributed by atoms with Gasteiger partial charge < -0.3 is 23.7 Å². The van der Waals surface area contributed by atoms with E-state index in [9.17, 15) is 19.9 Å². The van der Waals surface area contributed by atoms with Gasteiger partial charge in [0.15, 0.2) is 8.32 Å². The number of nitrogens with zero attached hydrogens (tertiary/aromatic N) is 5. The topological polar surface area (TPSA) is 132 Å². The SMILES string of the molecule is CN(C[C@H](O[Si](C)(C)C(C)(C)C)c1nnc([C@@H]2CC3(CC3)[C@@H]3CN2C(=O)N3O)o1)C(=O)O. The van der Waals surface area contributed by atoms with E-state index in [0.717, 1.165) is 22.8 Å². The van der Waals surface area contributed by atoms with Crippen LogP contribution in [-0.2, 0) is 4.43 Å². The lowest BCUT2D eigenvalue weighted by molar-refractivity contribution is -0.0783. The van der Waals surface area contributed by atoms with Gasteiger partial charge in [-0.15, -0.1) is 10.2 Å². The highest BCUT2D eigenvalue weighted by molar-refractivity contribution is 6.74. The highest BCUT2D eigenvalue weighted by Gasteiger charge is 2.63. The smallest absolute Gasteiger partial charge is 0.407 e. The molecule has 12 heteroatoms. The van der Waals surface area contributed by atoms with Gasteiger partial charge in [-0.2, -0.15) is 0 Å². The summed E-state index contributed by atoms with van der Waals surface area (Å²) in [5.41, 5.74) is -0.0999. The number of carbonyl (C=O) groups is 2. The molecule has 1 aromatic heterocycles. The number of hydrogen-bond donors (Lipinski definition) is 2. The molecule has 0 unspecified atom stereocenters. The van der Waals surface area contributed by atoms with Crippen LogP contribution in [0.25, 0.3) is 0 Å². The van der Waals surface area contributed by atoms with Crippen molar-refractivity contribution in [3.63, 3.8) is 0 Å². The van der Waals surface area contributed by atoms with Crippen molar-refractivity contribution >= 4 is 20.4 Å². The Kier molecular flexibility index (Phi) is 5.33. The summed E-state index contributed by atoms with van der Waals surface area (Å²) in [7, 11) is -0.810. The lowest BCUT2D eigenvalue weighted by atomic mass is 9.85. The first-order valence-electron chi connectivity index (χ1n) is 11.0. The molecule has 2 saturated heterocycles. The Bertz CT molecular complexity index is 911. The lowest BCUT2D eigenvalue weighted by Crippen LogP contribution is -2.44. The first-order valence-corrected chi connectivity index (χ1v) is 13.9. The third-order valence-electron chi connectivity index (χ3n) is 7.71. The second kappa shape index (κ2) is 7.42. The average Bonchev–Trinajstić information content (AvgIpc) is 3.18.